The fourth-order valence-electron chi connectivity index (χ4n) is 3.05. The molecule has 0 unspecified atom stereocenters. The van der Waals surface area contributed by atoms with Gasteiger partial charge in [0.15, 0.2) is 11.5 Å². The summed E-state index contributed by atoms with van der Waals surface area (Å²) in [6.07, 6.45) is 2.25. The van der Waals surface area contributed by atoms with Crippen molar-refractivity contribution in [2.75, 3.05) is 19.8 Å². The molecular weight excluding hydrogens is 290 g/mol. The molecule has 0 radical (unpaired) electrons. The first-order chi connectivity index (χ1) is 11.3. The largest absolute Gasteiger partial charge is 0.486 e. The minimum atomic E-state index is -0.0656. The number of ether oxygens (including phenoxy) is 2. The Balaban J connectivity index is 1.45. The Morgan fingerprint density at radius 3 is 2.48 bits per heavy atom. The summed E-state index contributed by atoms with van der Waals surface area (Å²) in [5, 5.41) is 3.07. The quantitative estimate of drug-likeness (QED) is 0.944. The molecule has 4 nitrogen and oxygen atoms in total. The molecule has 23 heavy (non-hydrogen) atoms. The summed E-state index contributed by atoms with van der Waals surface area (Å²) in [7, 11) is 0. The van der Waals surface area contributed by atoms with Crippen molar-refractivity contribution in [3.8, 4) is 11.5 Å². The van der Waals surface area contributed by atoms with Crippen LogP contribution in [0.1, 0.15) is 28.8 Å². The van der Waals surface area contributed by atoms with Crippen molar-refractivity contribution in [2.45, 2.75) is 18.3 Å². The third-order valence-corrected chi connectivity index (χ3v) is 4.63. The van der Waals surface area contributed by atoms with E-state index in [4.69, 9.17) is 9.47 Å². The van der Waals surface area contributed by atoms with Crippen LogP contribution in [0, 0.1) is 0 Å². The van der Waals surface area contributed by atoms with Gasteiger partial charge in [0, 0.05) is 17.5 Å². The Labute approximate surface area is 135 Å². The number of carbonyl (C=O) groups is 1. The molecule has 4 rings (SSSR count). The van der Waals surface area contributed by atoms with Gasteiger partial charge >= 0.3 is 0 Å². The van der Waals surface area contributed by atoms with Crippen molar-refractivity contribution in [2.24, 2.45) is 0 Å². The monoisotopic (exact) mass is 309 g/mol. The number of hydrogen-bond donors (Lipinski definition) is 1. The average Bonchev–Trinajstić information content (AvgIpc) is 3.41. The lowest BCUT2D eigenvalue weighted by atomic mass is 9.96. The van der Waals surface area contributed by atoms with Gasteiger partial charge in [-0.3, -0.25) is 4.79 Å². The van der Waals surface area contributed by atoms with Crippen LogP contribution in [0.2, 0.25) is 0 Å². The summed E-state index contributed by atoms with van der Waals surface area (Å²) < 4.78 is 11.0. The molecule has 1 aliphatic carbocycles. The van der Waals surface area contributed by atoms with E-state index in [1.165, 1.54) is 5.56 Å². The van der Waals surface area contributed by atoms with Gasteiger partial charge in [-0.15, -0.1) is 0 Å². The van der Waals surface area contributed by atoms with Gasteiger partial charge < -0.3 is 14.8 Å². The fraction of sp³-hybridized carbons (Fsp3) is 0.316. The molecule has 0 saturated heterocycles. The lowest BCUT2D eigenvalue weighted by Crippen LogP contribution is -2.32. The molecule has 118 valence electrons. The molecule has 1 heterocycles. The van der Waals surface area contributed by atoms with Crippen LogP contribution in [-0.4, -0.2) is 25.7 Å². The number of benzene rings is 2. The van der Waals surface area contributed by atoms with E-state index < -0.39 is 0 Å². The minimum Gasteiger partial charge on any atom is -0.486 e. The Morgan fingerprint density at radius 1 is 1.00 bits per heavy atom. The smallest absolute Gasteiger partial charge is 0.251 e. The lowest BCUT2D eigenvalue weighted by molar-refractivity contribution is 0.0948. The van der Waals surface area contributed by atoms with Crippen LogP contribution < -0.4 is 14.8 Å². The van der Waals surface area contributed by atoms with E-state index in [2.05, 4.69) is 29.6 Å². The average molecular weight is 309 g/mol. The Morgan fingerprint density at radius 2 is 1.74 bits per heavy atom. The molecule has 1 saturated carbocycles. The summed E-state index contributed by atoms with van der Waals surface area (Å²) >= 11 is 0. The van der Waals surface area contributed by atoms with Crippen LogP contribution in [0.4, 0.5) is 0 Å². The van der Waals surface area contributed by atoms with Gasteiger partial charge in [-0.1, -0.05) is 30.3 Å². The number of amides is 1. The third-order valence-electron chi connectivity index (χ3n) is 4.63. The molecule has 0 atom stereocenters. The van der Waals surface area contributed by atoms with Crippen molar-refractivity contribution in [1.29, 1.82) is 0 Å². The van der Waals surface area contributed by atoms with Gasteiger partial charge in [-0.2, -0.15) is 0 Å². The second-order valence-corrected chi connectivity index (χ2v) is 6.19. The standard InChI is InChI=1S/C19H19NO3/c21-18(14-6-7-16-17(12-14)23-11-10-22-16)20-13-19(8-9-19)15-4-2-1-3-5-15/h1-7,12H,8-11,13H2,(H,20,21). The van der Waals surface area contributed by atoms with Crippen LogP contribution in [0.5, 0.6) is 11.5 Å². The minimum absolute atomic E-state index is 0.0656. The molecule has 1 aliphatic heterocycles. The van der Waals surface area contributed by atoms with Gasteiger partial charge in [0.1, 0.15) is 13.2 Å². The summed E-state index contributed by atoms with van der Waals surface area (Å²) in [4.78, 5) is 12.4. The summed E-state index contributed by atoms with van der Waals surface area (Å²) in [5.41, 5.74) is 2.03. The SMILES string of the molecule is O=C(NCC1(c2ccccc2)CC1)c1ccc2c(c1)OCCO2. The van der Waals surface area contributed by atoms with E-state index in [0.29, 0.717) is 36.8 Å². The third kappa shape index (κ3) is 2.77. The molecule has 1 amide bonds. The van der Waals surface area contributed by atoms with Crippen LogP contribution in [-0.2, 0) is 5.41 Å². The molecule has 4 heteroatoms. The predicted molar refractivity (Wildman–Crippen MR) is 87.1 cm³/mol. The van der Waals surface area contributed by atoms with Crippen LogP contribution in [0.15, 0.2) is 48.5 Å². The zero-order valence-corrected chi connectivity index (χ0v) is 12.9. The molecular formula is C19H19NO3. The first-order valence-electron chi connectivity index (χ1n) is 8.00. The maximum absolute atomic E-state index is 12.4. The molecule has 1 N–H and O–H groups in total. The molecule has 1 fully saturated rings. The van der Waals surface area contributed by atoms with E-state index in [0.717, 1.165) is 12.8 Å². The Hall–Kier alpha value is -2.49. The fourth-order valence-corrected chi connectivity index (χ4v) is 3.05. The first kappa shape index (κ1) is 14.1. The van der Waals surface area contributed by atoms with Gasteiger partial charge in [-0.25, -0.2) is 0 Å². The van der Waals surface area contributed by atoms with Crippen molar-refractivity contribution in [1.82, 2.24) is 5.32 Å². The van der Waals surface area contributed by atoms with Crippen molar-refractivity contribution in [3.05, 3.63) is 59.7 Å². The zero-order valence-electron chi connectivity index (χ0n) is 12.9. The highest BCUT2D eigenvalue weighted by atomic mass is 16.6. The van der Waals surface area contributed by atoms with Gasteiger partial charge in [0.05, 0.1) is 0 Å². The zero-order chi connectivity index (χ0) is 15.7. The topological polar surface area (TPSA) is 47.6 Å². The molecule has 0 spiro atoms. The van der Waals surface area contributed by atoms with E-state index >= 15 is 0 Å². The normalized spacial score (nSPS) is 17.4. The molecule has 2 aromatic carbocycles. The van der Waals surface area contributed by atoms with Gasteiger partial charge in [-0.05, 0) is 36.6 Å². The number of carbonyl (C=O) groups excluding carboxylic acids is 1. The van der Waals surface area contributed by atoms with Crippen LogP contribution in [0.25, 0.3) is 0 Å². The number of rotatable bonds is 4. The van der Waals surface area contributed by atoms with Gasteiger partial charge in [0.25, 0.3) is 5.91 Å². The second kappa shape index (κ2) is 5.61. The summed E-state index contributed by atoms with van der Waals surface area (Å²) in [5.74, 6) is 1.29. The van der Waals surface area contributed by atoms with E-state index in [1.54, 1.807) is 18.2 Å². The van der Waals surface area contributed by atoms with Crippen LogP contribution >= 0.6 is 0 Å². The maximum atomic E-state index is 12.4. The lowest BCUT2D eigenvalue weighted by Gasteiger charge is -2.19. The second-order valence-electron chi connectivity index (χ2n) is 6.19. The van der Waals surface area contributed by atoms with Crippen LogP contribution in [0.3, 0.4) is 0 Å². The highest BCUT2D eigenvalue weighted by molar-refractivity contribution is 5.95. The maximum Gasteiger partial charge on any atom is 0.251 e. The molecule has 2 aromatic rings. The number of nitrogens with one attached hydrogen (secondary N) is 1. The first-order valence-corrected chi connectivity index (χ1v) is 8.00. The number of fused-ring (bicyclic) bond motifs is 1. The predicted octanol–water partition coefficient (Wildman–Crippen LogP) is 2.92. The van der Waals surface area contributed by atoms with E-state index in [-0.39, 0.29) is 11.3 Å². The molecule has 0 bridgehead atoms. The molecule has 0 aromatic heterocycles. The van der Waals surface area contributed by atoms with Crippen molar-refractivity contribution >= 4 is 5.91 Å². The highest BCUT2D eigenvalue weighted by Gasteiger charge is 2.44. The van der Waals surface area contributed by atoms with E-state index in [1.807, 2.05) is 6.07 Å². The molecule has 2 aliphatic rings. The summed E-state index contributed by atoms with van der Waals surface area (Å²) in [6.45, 7) is 1.75. The summed E-state index contributed by atoms with van der Waals surface area (Å²) in [6, 6.07) is 15.8. The Bertz CT molecular complexity index is 723. The van der Waals surface area contributed by atoms with E-state index in [9.17, 15) is 4.79 Å². The van der Waals surface area contributed by atoms with Gasteiger partial charge in [0.2, 0.25) is 0 Å². The van der Waals surface area contributed by atoms with Crippen molar-refractivity contribution in [3.63, 3.8) is 0 Å². The number of hydrogen-bond acceptors (Lipinski definition) is 3. The van der Waals surface area contributed by atoms with Crippen molar-refractivity contribution < 1.29 is 14.3 Å². The Kier molecular flexibility index (Phi) is 3.45. The highest BCUT2D eigenvalue weighted by Crippen LogP contribution is 2.47.